The van der Waals surface area contributed by atoms with Crippen LogP contribution in [-0.4, -0.2) is 40.5 Å². The molecule has 182 valence electrons. The zero-order chi connectivity index (χ0) is 23.9. The number of carboxylic acids is 1. The third kappa shape index (κ3) is 7.93. The molecular formula is C26H41NaO6. The zero-order valence-electron chi connectivity index (χ0n) is 21.1. The van der Waals surface area contributed by atoms with Crippen LogP contribution in [0.5, 0.6) is 0 Å². The fourth-order valence-electron chi connectivity index (χ4n) is 5.49. The van der Waals surface area contributed by atoms with Crippen molar-refractivity contribution in [3.8, 4) is 0 Å². The van der Waals surface area contributed by atoms with Gasteiger partial charge in [0, 0.05) is 18.3 Å². The van der Waals surface area contributed by atoms with E-state index in [1.807, 2.05) is 20.8 Å². The van der Waals surface area contributed by atoms with Crippen molar-refractivity contribution in [3.63, 3.8) is 0 Å². The van der Waals surface area contributed by atoms with Crippen LogP contribution in [0.3, 0.4) is 0 Å². The maximum atomic E-state index is 13.2. The summed E-state index contributed by atoms with van der Waals surface area (Å²) >= 11 is 0. The van der Waals surface area contributed by atoms with Crippen LogP contribution in [0.2, 0.25) is 0 Å². The molecule has 0 bridgehead atoms. The molecule has 0 aromatic rings. The van der Waals surface area contributed by atoms with Crippen molar-refractivity contribution in [2.24, 2.45) is 23.2 Å². The Bertz CT molecular complexity index is 691. The standard InChI is InChI=1S/C26H42O6.Na/c1-5-26(6-2,7-3)25(31)32-22-10-8-9-18-12-11-17(4)21(24(18)22)14-13-19(27)15-20(28)16-23(29)30;/h9,11-12,17,19-22,24,27-28H,5-8,10,13-16H2,1-4H3,(H,29,30);/q;+1/p-1/t17-,19+,20+,21-,22-,24-;/m0./s1. The van der Waals surface area contributed by atoms with Gasteiger partial charge < -0.3 is 24.9 Å². The summed E-state index contributed by atoms with van der Waals surface area (Å²) in [4.78, 5) is 23.8. The topological polar surface area (TPSA) is 107 Å². The zero-order valence-corrected chi connectivity index (χ0v) is 23.1. The van der Waals surface area contributed by atoms with Crippen LogP contribution in [0.25, 0.3) is 0 Å². The van der Waals surface area contributed by atoms with Crippen LogP contribution in [0.4, 0.5) is 0 Å². The van der Waals surface area contributed by atoms with Crippen LogP contribution < -0.4 is 34.7 Å². The van der Waals surface area contributed by atoms with E-state index in [1.165, 1.54) is 5.57 Å². The molecule has 0 radical (unpaired) electrons. The average Bonchev–Trinajstić information content (AvgIpc) is 2.74. The number of carbonyl (C=O) groups is 2. The minimum atomic E-state index is -1.32. The Kier molecular flexibility index (Phi) is 12.9. The molecule has 0 aromatic heterocycles. The number of ether oxygens (including phenoxy) is 1. The van der Waals surface area contributed by atoms with Gasteiger partial charge >= 0.3 is 35.5 Å². The van der Waals surface area contributed by atoms with Gasteiger partial charge in [0.15, 0.2) is 0 Å². The van der Waals surface area contributed by atoms with Crippen LogP contribution in [0.1, 0.15) is 85.5 Å². The minimum absolute atomic E-state index is 0. The SMILES string of the molecule is CCC(CC)(CC)C(=O)O[C@H]1CCC=C2C=C[C@H](C)[C@H](CC[C@@H](O)C[C@@H](O)CC(=O)[O-])[C@H]21.[Na+]. The molecule has 6 atom stereocenters. The second-order valence-corrected chi connectivity index (χ2v) is 9.67. The molecular weight excluding hydrogens is 431 g/mol. The molecule has 2 rings (SSSR count). The summed E-state index contributed by atoms with van der Waals surface area (Å²) in [7, 11) is 0. The molecule has 0 amide bonds. The van der Waals surface area contributed by atoms with E-state index < -0.39 is 30.0 Å². The van der Waals surface area contributed by atoms with E-state index in [2.05, 4.69) is 25.2 Å². The number of allylic oxidation sites excluding steroid dienone is 3. The fourth-order valence-corrected chi connectivity index (χ4v) is 5.49. The minimum Gasteiger partial charge on any atom is -0.550 e. The summed E-state index contributed by atoms with van der Waals surface area (Å²) in [5, 5.41) is 30.8. The largest absolute Gasteiger partial charge is 1.00 e. The summed E-state index contributed by atoms with van der Waals surface area (Å²) in [6.07, 6.45) is 9.18. The van der Waals surface area contributed by atoms with Crippen LogP contribution in [0.15, 0.2) is 23.8 Å². The average molecular weight is 473 g/mol. The molecule has 0 aromatic carbocycles. The summed E-state index contributed by atoms with van der Waals surface area (Å²) in [6, 6.07) is 0. The van der Waals surface area contributed by atoms with Gasteiger partial charge in [-0.25, -0.2) is 0 Å². The number of carboxylic acid groups (broad SMARTS) is 1. The number of esters is 1. The van der Waals surface area contributed by atoms with Gasteiger partial charge in [0.1, 0.15) is 6.10 Å². The molecule has 2 N–H and O–H groups in total. The molecule has 7 heteroatoms. The molecule has 0 saturated heterocycles. The molecule has 6 nitrogen and oxygen atoms in total. The number of fused-ring (bicyclic) bond motifs is 1. The number of aliphatic hydroxyl groups is 2. The van der Waals surface area contributed by atoms with E-state index in [0.29, 0.717) is 12.8 Å². The Labute approximate surface area is 221 Å². The molecule has 0 heterocycles. The van der Waals surface area contributed by atoms with Gasteiger partial charge in [-0.1, -0.05) is 45.9 Å². The smallest absolute Gasteiger partial charge is 0.550 e. The van der Waals surface area contributed by atoms with Gasteiger partial charge in [0.05, 0.1) is 17.6 Å². The predicted molar refractivity (Wildman–Crippen MR) is 121 cm³/mol. The molecule has 2 aliphatic carbocycles. The van der Waals surface area contributed by atoms with E-state index >= 15 is 0 Å². The molecule has 33 heavy (non-hydrogen) atoms. The number of hydrogen-bond acceptors (Lipinski definition) is 6. The van der Waals surface area contributed by atoms with E-state index in [0.717, 1.165) is 32.1 Å². The van der Waals surface area contributed by atoms with Crippen LogP contribution in [-0.2, 0) is 14.3 Å². The number of aliphatic carboxylic acids is 1. The molecule has 2 aliphatic rings. The normalized spacial score (nSPS) is 26.4. The third-order valence-electron chi connectivity index (χ3n) is 7.85. The summed E-state index contributed by atoms with van der Waals surface area (Å²) in [6.45, 7) is 8.29. The van der Waals surface area contributed by atoms with Crippen molar-refractivity contribution in [2.45, 2.75) is 104 Å². The summed E-state index contributed by atoms with van der Waals surface area (Å²) in [5.41, 5.74) is 0.775. The van der Waals surface area contributed by atoms with Gasteiger partial charge in [-0.2, -0.15) is 0 Å². The van der Waals surface area contributed by atoms with E-state index in [-0.39, 0.29) is 65.8 Å². The summed E-state index contributed by atoms with van der Waals surface area (Å²) < 4.78 is 6.20. The van der Waals surface area contributed by atoms with E-state index in [1.54, 1.807) is 0 Å². The van der Waals surface area contributed by atoms with E-state index in [9.17, 15) is 24.9 Å². The predicted octanol–water partition coefficient (Wildman–Crippen LogP) is 0.309. The van der Waals surface area contributed by atoms with Crippen molar-refractivity contribution < 1.29 is 59.2 Å². The fraction of sp³-hybridized carbons (Fsp3) is 0.769. The molecule has 0 spiro atoms. The number of carbonyl (C=O) groups excluding carboxylic acids is 2. The van der Waals surface area contributed by atoms with Gasteiger partial charge in [-0.15, -0.1) is 0 Å². The van der Waals surface area contributed by atoms with Crippen molar-refractivity contribution in [3.05, 3.63) is 23.8 Å². The Balaban J connectivity index is 0.00000544. The Hall–Kier alpha value is -0.660. The molecule has 0 aliphatic heterocycles. The first kappa shape index (κ1) is 30.4. The second kappa shape index (κ2) is 14.0. The Morgan fingerprint density at radius 3 is 2.39 bits per heavy atom. The number of hydrogen-bond donors (Lipinski definition) is 2. The van der Waals surface area contributed by atoms with Crippen LogP contribution >= 0.6 is 0 Å². The first-order valence-electron chi connectivity index (χ1n) is 12.3. The van der Waals surface area contributed by atoms with Crippen molar-refractivity contribution >= 4 is 11.9 Å². The summed E-state index contributed by atoms with van der Waals surface area (Å²) in [5.74, 6) is -0.847. The first-order chi connectivity index (χ1) is 15.2. The molecule has 0 saturated carbocycles. The van der Waals surface area contributed by atoms with Gasteiger partial charge in [-0.05, 0) is 68.8 Å². The second-order valence-electron chi connectivity index (χ2n) is 9.67. The van der Waals surface area contributed by atoms with Crippen molar-refractivity contribution in [1.29, 1.82) is 0 Å². The van der Waals surface area contributed by atoms with Gasteiger partial charge in [-0.3, -0.25) is 4.79 Å². The molecule has 0 fully saturated rings. The van der Waals surface area contributed by atoms with Gasteiger partial charge in [0.2, 0.25) is 0 Å². The number of aliphatic hydroxyl groups excluding tert-OH is 2. The maximum absolute atomic E-state index is 13.2. The van der Waals surface area contributed by atoms with E-state index in [4.69, 9.17) is 4.74 Å². The van der Waals surface area contributed by atoms with Crippen molar-refractivity contribution in [2.75, 3.05) is 0 Å². The van der Waals surface area contributed by atoms with Crippen LogP contribution in [0, 0.1) is 23.2 Å². The number of rotatable bonds is 12. The quantitative estimate of drug-likeness (QED) is 0.313. The first-order valence-corrected chi connectivity index (χ1v) is 12.3. The molecule has 0 unspecified atom stereocenters. The Morgan fingerprint density at radius 1 is 1.18 bits per heavy atom. The third-order valence-corrected chi connectivity index (χ3v) is 7.85. The maximum Gasteiger partial charge on any atom is 1.00 e. The van der Waals surface area contributed by atoms with Gasteiger partial charge in [0.25, 0.3) is 0 Å². The monoisotopic (exact) mass is 472 g/mol. The van der Waals surface area contributed by atoms with Crippen molar-refractivity contribution in [1.82, 2.24) is 0 Å². The Morgan fingerprint density at radius 2 is 1.82 bits per heavy atom.